The molecular formula is C19H30O2. The molecule has 1 heterocycles. The van der Waals surface area contributed by atoms with Gasteiger partial charge in [-0.15, -0.1) is 0 Å². The van der Waals surface area contributed by atoms with E-state index in [1.165, 1.54) is 38.5 Å². The van der Waals surface area contributed by atoms with Gasteiger partial charge in [-0.1, -0.05) is 6.92 Å². The van der Waals surface area contributed by atoms with Gasteiger partial charge in [-0.25, -0.2) is 0 Å². The van der Waals surface area contributed by atoms with Crippen LogP contribution in [0.4, 0.5) is 0 Å². The Bertz CT molecular complexity index is 445. The maximum Gasteiger partial charge on any atom is 0.133 e. The van der Waals surface area contributed by atoms with Gasteiger partial charge in [-0.3, -0.25) is 4.79 Å². The van der Waals surface area contributed by atoms with Crippen molar-refractivity contribution < 1.29 is 9.53 Å². The quantitative estimate of drug-likeness (QED) is 0.662. The largest absolute Gasteiger partial charge is 0.375 e. The second kappa shape index (κ2) is 4.81. The van der Waals surface area contributed by atoms with Gasteiger partial charge in [-0.2, -0.15) is 0 Å². The number of ether oxygens (including phenoxy) is 1. The van der Waals surface area contributed by atoms with E-state index in [4.69, 9.17) is 4.74 Å². The molecule has 4 rings (SSSR count). The molecule has 4 aliphatic rings. The lowest BCUT2D eigenvalue weighted by Crippen LogP contribution is -2.57. The van der Waals surface area contributed by atoms with E-state index < -0.39 is 0 Å². The smallest absolute Gasteiger partial charge is 0.133 e. The number of carbonyl (C=O) groups excluding carboxylic acids is 1. The number of Topliss-reactive ketones (excluding diaryl/α,β-unsaturated/α-hetero) is 1. The second-order valence-electron chi connectivity index (χ2n) is 8.74. The number of fused-ring (bicyclic) bond motifs is 5. The van der Waals surface area contributed by atoms with E-state index in [1.807, 2.05) is 0 Å². The molecular weight excluding hydrogens is 260 g/mol. The van der Waals surface area contributed by atoms with Crippen molar-refractivity contribution in [2.75, 3.05) is 6.61 Å². The van der Waals surface area contributed by atoms with E-state index in [0.717, 1.165) is 43.6 Å². The van der Waals surface area contributed by atoms with Gasteiger partial charge in [0.25, 0.3) is 0 Å². The normalized spacial score (nSPS) is 53.5. The highest BCUT2D eigenvalue weighted by atomic mass is 16.5. The summed E-state index contributed by atoms with van der Waals surface area (Å²) in [5.41, 5.74) is 0.600. The van der Waals surface area contributed by atoms with Crippen LogP contribution >= 0.6 is 0 Å². The Balaban J connectivity index is 1.62. The molecule has 0 unspecified atom stereocenters. The van der Waals surface area contributed by atoms with Gasteiger partial charge in [0, 0.05) is 19.4 Å². The Morgan fingerprint density at radius 1 is 1.05 bits per heavy atom. The summed E-state index contributed by atoms with van der Waals surface area (Å²) in [5.74, 6) is 3.69. The monoisotopic (exact) mass is 290 g/mol. The molecule has 2 heteroatoms. The van der Waals surface area contributed by atoms with Crippen molar-refractivity contribution in [3.63, 3.8) is 0 Å². The molecule has 21 heavy (non-hydrogen) atoms. The van der Waals surface area contributed by atoms with Gasteiger partial charge in [0.15, 0.2) is 0 Å². The van der Waals surface area contributed by atoms with Gasteiger partial charge >= 0.3 is 0 Å². The molecule has 0 aromatic carbocycles. The first-order valence-electron chi connectivity index (χ1n) is 9.19. The molecule has 2 nitrogen and oxygen atoms in total. The van der Waals surface area contributed by atoms with Gasteiger partial charge < -0.3 is 4.74 Å². The minimum absolute atomic E-state index is 0.160. The van der Waals surface area contributed by atoms with Crippen LogP contribution in [0.5, 0.6) is 0 Å². The van der Waals surface area contributed by atoms with Crippen LogP contribution in [0.25, 0.3) is 0 Å². The molecule has 0 amide bonds. The molecule has 0 spiro atoms. The Morgan fingerprint density at radius 2 is 1.90 bits per heavy atom. The molecule has 0 aromatic heterocycles. The molecule has 1 aliphatic heterocycles. The highest BCUT2D eigenvalue weighted by molar-refractivity contribution is 5.79. The lowest BCUT2D eigenvalue weighted by molar-refractivity contribution is -0.192. The zero-order chi connectivity index (χ0) is 14.7. The number of ketones is 1. The van der Waals surface area contributed by atoms with Crippen molar-refractivity contribution in [2.45, 2.75) is 77.2 Å². The second-order valence-corrected chi connectivity index (χ2v) is 8.74. The van der Waals surface area contributed by atoms with Crippen LogP contribution in [0, 0.1) is 29.1 Å². The number of carbonyl (C=O) groups is 1. The highest BCUT2D eigenvalue weighted by Crippen LogP contribution is 2.62. The third-order valence-electron chi connectivity index (χ3n) is 7.91. The van der Waals surface area contributed by atoms with E-state index in [9.17, 15) is 4.79 Å². The predicted molar refractivity (Wildman–Crippen MR) is 83.0 cm³/mol. The molecule has 4 fully saturated rings. The van der Waals surface area contributed by atoms with E-state index in [2.05, 4.69) is 13.8 Å². The minimum Gasteiger partial charge on any atom is -0.375 e. The summed E-state index contributed by atoms with van der Waals surface area (Å²) in [6.07, 6.45) is 10.7. The van der Waals surface area contributed by atoms with Crippen molar-refractivity contribution in [1.29, 1.82) is 0 Å². The van der Waals surface area contributed by atoms with Gasteiger partial charge in [-0.05, 0) is 81.0 Å². The molecule has 3 aliphatic carbocycles. The van der Waals surface area contributed by atoms with Crippen molar-refractivity contribution in [1.82, 2.24) is 0 Å². The third-order valence-corrected chi connectivity index (χ3v) is 7.91. The topological polar surface area (TPSA) is 26.3 Å². The molecule has 0 bridgehead atoms. The fraction of sp³-hybridized carbons (Fsp3) is 0.947. The van der Waals surface area contributed by atoms with Crippen molar-refractivity contribution in [3.05, 3.63) is 0 Å². The Kier molecular flexibility index (Phi) is 3.26. The SMILES string of the molecule is C[C@@]12CCC(=O)C[C@@H]1CC[C@H]1[C@H]3CCCO[C@]3(C)CC[C@@H]12. The Hall–Kier alpha value is -0.370. The Morgan fingerprint density at radius 3 is 2.76 bits per heavy atom. The summed E-state index contributed by atoms with van der Waals surface area (Å²) in [5, 5.41) is 0. The first kappa shape index (κ1) is 14.2. The van der Waals surface area contributed by atoms with E-state index in [1.54, 1.807) is 0 Å². The fourth-order valence-electron chi connectivity index (χ4n) is 6.64. The molecule has 6 atom stereocenters. The number of rotatable bonds is 0. The molecule has 0 N–H and O–H groups in total. The lowest BCUT2D eigenvalue weighted by Gasteiger charge is -2.61. The first-order chi connectivity index (χ1) is 10.0. The van der Waals surface area contributed by atoms with Gasteiger partial charge in [0.2, 0.25) is 0 Å². The fourth-order valence-corrected chi connectivity index (χ4v) is 6.64. The summed E-state index contributed by atoms with van der Waals surface area (Å²) >= 11 is 0. The predicted octanol–water partition coefficient (Wildman–Crippen LogP) is 4.37. The average molecular weight is 290 g/mol. The number of hydrogen-bond acceptors (Lipinski definition) is 2. The van der Waals surface area contributed by atoms with Crippen LogP contribution < -0.4 is 0 Å². The molecule has 3 saturated carbocycles. The maximum atomic E-state index is 11.9. The minimum atomic E-state index is 0.160. The summed E-state index contributed by atoms with van der Waals surface area (Å²) in [6, 6.07) is 0. The van der Waals surface area contributed by atoms with Gasteiger partial charge in [0.1, 0.15) is 5.78 Å². The van der Waals surface area contributed by atoms with E-state index in [-0.39, 0.29) is 5.60 Å². The van der Waals surface area contributed by atoms with Crippen molar-refractivity contribution >= 4 is 5.78 Å². The summed E-state index contributed by atoms with van der Waals surface area (Å²) in [7, 11) is 0. The standard InChI is InChI=1S/C19H30O2/c1-18-9-7-14(20)12-13(18)5-6-15-16(18)8-10-19(2)17(15)4-3-11-21-19/h13,15-17H,3-12H2,1-2H3/t13-,15+,16-,17+,18+,19+/m0/s1. The first-order valence-corrected chi connectivity index (χ1v) is 9.19. The zero-order valence-electron chi connectivity index (χ0n) is 13.7. The number of hydrogen-bond donors (Lipinski definition) is 0. The zero-order valence-corrected chi connectivity index (χ0v) is 13.7. The summed E-state index contributed by atoms with van der Waals surface area (Å²) < 4.78 is 6.25. The molecule has 118 valence electrons. The van der Waals surface area contributed by atoms with Crippen LogP contribution in [0.1, 0.15) is 71.6 Å². The van der Waals surface area contributed by atoms with Crippen LogP contribution in [-0.2, 0) is 9.53 Å². The van der Waals surface area contributed by atoms with Crippen LogP contribution in [-0.4, -0.2) is 18.0 Å². The third kappa shape index (κ3) is 2.04. The Labute approximate surface area is 129 Å². The van der Waals surface area contributed by atoms with Crippen LogP contribution in [0.3, 0.4) is 0 Å². The average Bonchev–Trinajstić information content (AvgIpc) is 2.47. The van der Waals surface area contributed by atoms with E-state index in [0.29, 0.717) is 17.1 Å². The molecule has 0 aromatic rings. The molecule has 0 radical (unpaired) electrons. The summed E-state index contributed by atoms with van der Waals surface area (Å²) in [6.45, 7) is 5.87. The van der Waals surface area contributed by atoms with E-state index >= 15 is 0 Å². The lowest BCUT2D eigenvalue weighted by atomic mass is 9.46. The molecule has 1 saturated heterocycles. The van der Waals surface area contributed by atoms with Gasteiger partial charge in [0.05, 0.1) is 5.60 Å². The van der Waals surface area contributed by atoms with Crippen molar-refractivity contribution in [2.24, 2.45) is 29.1 Å². The highest BCUT2D eigenvalue weighted by Gasteiger charge is 2.57. The van der Waals surface area contributed by atoms with Crippen molar-refractivity contribution in [3.8, 4) is 0 Å². The van der Waals surface area contributed by atoms with Crippen LogP contribution in [0.2, 0.25) is 0 Å². The summed E-state index contributed by atoms with van der Waals surface area (Å²) in [4.78, 5) is 11.9. The van der Waals surface area contributed by atoms with Crippen LogP contribution in [0.15, 0.2) is 0 Å². The maximum absolute atomic E-state index is 11.9.